The van der Waals surface area contributed by atoms with Gasteiger partial charge in [-0.2, -0.15) is 4.57 Å². The van der Waals surface area contributed by atoms with Gasteiger partial charge in [0.2, 0.25) is 16.9 Å². The molecule has 1 aliphatic rings. The molecular weight excluding hydrogens is 294 g/mol. The van der Waals surface area contributed by atoms with Crippen molar-refractivity contribution in [3.63, 3.8) is 0 Å². The van der Waals surface area contributed by atoms with E-state index in [2.05, 4.69) is 51.1 Å². The number of nitrogens with zero attached hydrogens (tertiary/aromatic N) is 1. The third kappa shape index (κ3) is 1.95. The van der Waals surface area contributed by atoms with Gasteiger partial charge in [-0.05, 0) is 48.2 Å². The van der Waals surface area contributed by atoms with E-state index in [0.29, 0.717) is 0 Å². The Balaban J connectivity index is 2.19. The zero-order chi connectivity index (χ0) is 11.8. The fraction of sp³-hybridized carbons (Fsp3) is 0.357. The molecule has 0 saturated heterocycles. The van der Waals surface area contributed by atoms with Gasteiger partial charge in [0, 0.05) is 12.0 Å². The Morgan fingerprint density at radius 3 is 2.88 bits per heavy atom. The lowest BCUT2D eigenvalue weighted by Crippen LogP contribution is -2.35. The van der Waals surface area contributed by atoms with Crippen LogP contribution in [0.2, 0.25) is 0 Å². The Labute approximate surface area is 114 Å². The van der Waals surface area contributed by atoms with Crippen molar-refractivity contribution in [3.8, 4) is 5.69 Å². The van der Waals surface area contributed by atoms with Crippen molar-refractivity contribution in [1.29, 1.82) is 0 Å². The van der Waals surface area contributed by atoms with Crippen LogP contribution in [-0.4, -0.2) is 0 Å². The summed E-state index contributed by atoms with van der Waals surface area (Å²) in [6.45, 7) is 2.18. The molecule has 88 valence electrons. The smallest absolute Gasteiger partial charge is 0.153 e. The van der Waals surface area contributed by atoms with Gasteiger partial charge in [0.05, 0.1) is 9.35 Å². The summed E-state index contributed by atoms with van der Waals surface area (Å²) in [5.41, 5.74) is 6.43. The molecular formula is C14H15BrNS+. The lowest BCUT2D eigenvalue weighted by molar-refractivity contribution is -0.600. The number of aryl methyl sites for hydroxylation is 2. The van der Waals surface area contributed by atoms with E-state index in [1.165, 1.54) is 47.1 Å². The van der Waals surface area contributed by atoms with Crippen LogP contribution < -0.4 is 4.57 Å². The molecule has 0 spiro atoms. The van der Waals surface area contributed by atoms with Gasteiger partial charge in [-0.1, -0.05) is 23.5 Å². The number of para-hydroxylation sites is 1. The molecule has 0 atom stereocenters. The Morgan fingerprint density at radius 1 is 1.24 bits per heavy atom. The first-order chi connectivity index (χ1) is 8.27. The largest absolute Gasteiger partial charge is 0.231 e. The van der Waals surface area contributed by atoms with Crippen LogP contribution in [0.25, 0.3) is 5.69 Å². The van der Waals surface area contributed by atoms with Gasteiger partial charge < -0.3 is 0 Å². The SMILES string of the molecule is Cc1cccc(Br)c1-[n+]1csc2c1CCCC2. The molecule has 1 aliphatic carbocycles. The summed E-state index contributed by atoms with van der Waals surface area (Å²) in [6, 6.07) is 6.41. The summed E-state index contributed by atoms with van der Waals surface area (Å²) in [7, 11) is 0. The second-order valence-corrected chi connectivity index (χ2v) is 6.37. The van der Waals surface area contributed by atoms with Gasteiger partial charge in [-0.3, -0.25) is 0 Å². The Bertz CT molecular complexity index is 539. The third-order valence-electron chi connectivity index (χ3n) is 3.41. The van der Waals surface area contributed by atoms with E-state index in [4.69, 9.17) is 0 Å². The average molecular weight is 309 g/mol. The van der Waals surface area contributed by atoms with Crippen molar-refractivity contribution in [2.24, 2.45) is 0 Å². The van der Waals surface area contributed by atoms with Crippen LogP contribution in [0, 0.1) is 6.92 Å². The summed E-state index contributed by atoms with van der Waals surface area (Å²) in [5.74, 6) is 0. The first-order valence-electron chi connectivity index (χ1n) is 6.04. The van der Waals surface area contributed by atoms with Gasteiger partial charge in [0.1, 0.15) is 0 Å². The van der Waals surface area contributed by atoms with Crippen LogP contribution in [-0.2, 0) is 12.8 Å². The average Bonchev–Trinajstić information content (AvgIpc) is 2.73. The van der Waals surface area contributed by atoms with Crippen LogP contribution in [0.3, 0.4) is 0 Å². The van der Waals surface area contributed by atoms with E-state index in [1.54, 1.807) is 4.88 Å². The van der Waals surface area contributed by atoms with Crippen molar-refractivity contribution >= 4 is 27.3 Å². The Kier molecular flexibility index (Phi) is 3.05. The molecule has 17 heavy (non-hydrogen) atoms. The monoisotopic (exact) mass is 308 g/mol. The zero-order valence-electron chi connectivity index (χ0n) is 9.87. The molecule has 0 saturated carbocycles. The molecule has 0 unspecified atom stereocenters. The molecule has 0 bridgehead atoms. The molecule has 3 rings (SSSR count). The topological polar surface area (TPSA) is 3.88 Å². The molecule has 1 heterocycles. The molecule has 0 radical (unpaired) electrons. The molecule has 1 nitrogen and oxygen atoms in total. The maximum Gasteiger partial charge on any atom is 0.231 e. The highest BCUT2D eigenvalue weighted by Crippen LogP contribution is 2.27. The highest BCUT2D eigenvalue weighted by atomic mass is 79.9. The highest BCUT2D eigenvalue weighted by Gasteiger charge is 2.26. The minimum atomic E-state index is 1.19. The standard InChI is InChI=1S/C14H15BrNS/c1-10-5-4-6-11(15)14(10)16-9-17-13-8-3-2-7-12(13)16/h4-6,9H,2-3,7-8H2,1H3/q+1. The Hall–Kier alpha value is -0.670. The first kappa shape index (κ1) is 11.4. The second-order valence-electron chi connectivity index (χ2n) is 4.58. The van der Waals surface area contributed by atoms with Crippen molar-refractivity contribution < 1.29 is 4.57 Å². The normalized spacial score (nSPS) is 14.7. The number of rotatable bonds is 1. The van der Waals surface area contributed by atoms with E-state index >= 15 is 0 Å². The molecule has 0 aliphatic heterocycles. The number of hydrogen-bond acceptors (Lipinski definition) is 1. The number of hydrogen-bond donors (Lipinski definition) is 0. The van der Waals surface area contributed by atoms with E-state index in [0.717, 1.165) is 0 Å². The van der Waals surface area contributed by atoms with E-state index in [1.807, 2.05) is 11.3 Å². The quantitative estimate of drug-likeness (QED) is 0.702. The molecule has 1 aromatic carbocycles. The van der Waals surface area contributed by atoms with Crippen LogP contribution in [0.15, 0.2) is 28.2 Å². The van der Waals surface area contributed by atoms with Crippen molar-refractivity contribution in [1.82, 2.24) is 0 Å². The van der Waals surface area contributed by atoms with E-state index in [9.17, 15) is 0 Å². The summed E-state index contributed by atoms with van der Waals surface area (Å²) in [4.78, 5) is 1.58. The number of fused-ring (bicyclic) bond motifs is 1. The molecule has 0 fully saturated rings. The molecule has 2 aromatic rings. The predicted octanol–water partition coefficient (Wildman–Crippen LogP) is 3.97. The predicted molar refractivity (Wildman–Crippen MR) is 74.9 cm³/mol. The van der Waals surface area contributed by atoms with Crippen LogP contribution in [0.1, 0.15) is 29.0 Å². The van der Waals surface area contributed by atoms with Crippen LogP contribution in [0.5, 0.6) is 0 Å². The first-order valence-corrected chi connectivity index (χ1v) is 7.71. The van der Waals surface area contributed by atoms with Crippen molar-refractivity contribution in [3.05, 3.63) is 44.3 Å². The van der Waals surface area contributed by atoms with Gasteiger partial charge in [0.25, 0.3) is 0 Å². The molecule has 3 heteroatoms. The summed E-state index contributed by atoms with van der Waals surface area (Å²) in [6.07, 6.45) is 5.16. The molecule has 0 amide bonds. The summed E-state index contributed by atoms with van der Waals surface area (Å²) >= 11 is 5.59. The van der Waals surface area contributed by atoms with E-state index in [-0.39, 0.29) is 0 Å². The fourth-order valence-corrected chi connectivity index (χ4v) is 4.26. The maximum absolute atomic E-state index is 3.68. The molecule has 0 N–H and O–H groups in total. The third-order valence-corrected chi connectivity index (χ3v) is 5.09. The van der Waals surface area contributed by atoms with Crippen LogP contribution in [0.4, 0.5) is 0 Å². The summed E-state index contributed by atoms with van der Waals surface area (Å²) < 4.78 is 3.58. The fourth-order valence-electron chi connectivity index (χ4n) is 2.54. The van der Waals surface area contributed by atoms with Gasteiger partial charge >= 0.3 is 0 Å². The number of thiazole rings is 1. The van der Waals surface area contributed by atoms with E-state index < -0.39 is 0 Å². The number of halogens is 1. The number of aromatic nitrogens is 1. The second kappa shape index (κ2) is 4.54. The minimum absolute atomic E-state index is 1.19. The summed E-state index contributed by atoms with van der Waals surface area (Å²) in [5, 5.41) is 0. The van der Waals surface area contributed by atoms with Gasteiger partial charge in [0.15, 0.2) is 0 Å². The number of benzene rings is 1. The maximum atomic E-state index is 3.68. The minimum Gasteiger partial charge on any atom is -0.153 e. The highest BCUT2D eigenvalue weighted by molar-refractivity contribution is 9.10. The lowest BCUT2D eigenvalue weighted by atomic mass is 10.0. The zero-order valence-corrected chi connectivity index (χ0v) is 12.3. The van der Waals surface area contributed by atoms with Crippen molar-refractivity contribution in [2.45, 2.75) is 32.6 Å². The molecule has 1 aromatic heterocycles. The van der Waals surface area contributed by atoms with Crippen LogP contribution >= 0.6 is 27.3 Å². The van der Waals surface area contributed by atoms with Gasteiger partial charge in [-0.15, -0.1) is 0 Å². The van der Waals surface area contributed by atoms with Gasteiger partial charge in [-0.25, -0.2) is 0 Å². The van der Waals surface area contributed by atoms with Crippen molar-refractivity contribution in [2.75, 3.05) is 0 Å². The lowest BCUT2D eigenvalue weighted by Gasteiger charge is -2.08. The Morgan fingerprint density at radius 2 is 2.06 bits per heavy atom.